The monoisotopic (exact) mass is 499 g/mol. The summed E-state index contributed by atoms with van der Waals surface area (Å²) in [5, 5.41) is 3.34. The van der Waals surface area contributed by atoms with Crippen molar-refractivity contribution in [2.24, 2.45) is 0 Å². The van der Waals surface area contributed by atoms with Gasteiger partial charge in [-0.1, -0.05) is 0 Å². The van der Waals surface area contributed by atoms with Crippen LogP contribution < -0.4 is 10.2 Å². The first-order valence-corrected chi connectivity index (χ1v) is 13.5. The number of carbonyl (C=O) groups excluding carboxylic acids is 2. The largest absolute Gasteiger partial charge is 0.459 e. The summed E-state index contributed by atoms with van der Waals surface area (Å²) in [7, 11) is -3.51. The summed E-state index contributed by atoms with van der Waals surface area (Å²) in [6.45, 7) is 3.50. The lowest BCUT2D eigenvalue weighted by Crippen LogP contribution is -2.35. The smallest absolute Gasteiger partial charge is 0.291 e. The van der Waals surface area contributed by atoms with E-state index in [2.05, 4.69) is 5.32 Å². The van der Waals surface area contributed by atoms with Gasteiger partial charge in [0.15, 0.2) is 5.76 Å². The molecule has 0 saturated carbocycles. The van der Waals surface area contributed by atoms with E-state index in [1.165, 1.54) is 21.9 Å². The molecule has 1 N–H and O–H groups in total. The maximum atomic E-state index is 13.5. The summed E-state index contributed by atoms with van der Waals surface area (Å²) >= 11 is 1.22. The Bertz CT molecular complexity index is 1340. The quantitative estimate of drug-likeness (QED) is 0.565. The second kappa shape index (κ2) is 9.01. The summed E-state index contributed by atoms with van der Waals surface area (Å²) in [6, 6.07) is 10.1. The molecule has 1 fully saturated rings. The number of benzene rings is 1. The lowest BCUT2D eigenvalue weighted by atomic mass is 10.0. The van der Waals surface area contributed by atoms with Crippen molar-refractivity contribution in [2.45, 2.75) is 37.5 Å². The molecule has 4 heterocycles. The van der Waals surface area contributed by atoms with Crippen molar-refractivity contribution in [2.75, 3.05) is 29.9 Å². The number of furan rings is 1. The van der Waals surface area contributed by atoms with Crippen molar-refractivity contribution in [3.63, 3.8) is 0 Å². The molecule has 1 aromatic carbocycles. The number of aryl methyl sites for hydroxylation is 2. The van der Waals surface area contributed by atoms with Gasteiger partial charge in [0, 0.05) is 25.3 Å². The fourth-order valence-corrected chi connectivity index (χ4v) is 7.07. The summed E-state index contributed by atoms with van der Waals surface area (Å²) in [5.74, 6) is -0.332. The normalized spacial score (nSPS) is 16.4. The molecule has 2 aromatic heterocycles. The Morgan fingerprint density at radius 2 is 1.85 bits per heavy atom. The van der Waals surface area contributed by atoms with Gasteiger partial charge in [-0.05, 0) is 80.1 Å². The zero-order valence-corrected chi connectivity index (χ0v) is 20.4. The van der Waals surface area contributed by atoms with Gasteiger partial charge < -0.3 is 14.6 Å². The van der Waals surface area contributed by atoms with Gasteiger partial charge in [0.1, 0.15) is 0 Å². The van der Waals surface area contributed by atoms with Crippen molar-refractivity contribution < 1.29 is 22.4 Å². The molecule has 34 heavy (non-hydrogen) atoms. The van der Waals surface area contributed by atoms with Gasteiger partial charge in [-0.25, -0.2) is 8.42 Å². The second-order valence-electron chi connectivity index (χ2n) is 8.52. The Labute approximate surface area is 202 Å². The molecule has 2 amide bonds. The zero-order chi connectivity index (χ0) is 23.9. The number of hydrogen-bond acceptors (Lipinski definition) is 6. The Kier molecular flexibility index (Phi) is 6.05. The first-order valence-electron chi connectivity index (χ1n) is 11.2. The minimum absolute atomic E-state index is 0.155. The maximum Gasteiger partial charge on any atom is 0.291 e. The lowest BCUT2D eigenvalue weighted by molar-refractivity contribution is 0.0983. The van der Waals surface area contributed by atoms with Gasteiger partial charge in [-0.3, -0.25) is 9.59 Å². The van der Waals surface area contributed by atoms with Gasteiger partial charge >= 0.3 is 0 Å². The topological polar surface area (TPSA) is 99.9 Å². The Hall–Kier alpha value is -2.95. The van der Waals surface area contributed by atoms with Crippen LogP contribution >= 0.6 is 11.3 Å². The van der Waals surface area contributed by atoms with E-state index >= 15 is 0 Å². The van der Waals surface area contributed by atoms with Crippen LogP contribution in [0.25, 0.3) is 0 Å². The number of amides is 2. The van der Waals surface area contributed by atoms with Crippen molar-refractivity contribution in [1.82, 2.24) is 4.31 Å². The Morgan fingerprint density at radius 1 is 1.06 bits per heavy atom. The van der Waals surface area contributed by atoms with Crippen LogP contribution in [-0.4, -0.2) is 44.2 Å². The van der Waals surface area contributed by atoms with Gasteiger partial charge in [-0.15, -0.1) is 11.3 Å². The molecule has 3 aromatic rings. The molecule has 2 aliphatic heterocycles. The number of anilines is 2. The molecule has 10 heteroatoms. The number of fused-ring (bicyclic) bond motifs is 1. The predicted octanol–water partition coefficient (Wildman–Crippen LogP) is 4.28. The van der Waals surface area contributed by atoms with E-state index in [0.717, 1.165) is 42.5 Å². The first-order chi connectivity index (χ1) is 16.3. The molecular formula is C24H25N3O5S2. The van der Waals surface area contributed by atoms with Crippen LogP contribution in [0.5, 0.6) is 0 Å². The minimum atomic E-state index is -3.51. The molecule has 5 rings (SSSR count). The van der Waals surface area contributed by atoms with Crippen molar-refractivity contribution >= 4 is 43.9 Å². The van der Waals surface area contributed by atoms with E-state index in [1.807, 2.05) is 6.92 Å². The van der Waals surface area contributed by atoms with E-state index < -0.39 is 10.0 Å². The number of hydrogen-bond donors (Lipinski definition) is 1. The van der Waals surface area contributed by atoms with Crippen molar-refractivity contribution in [3.05, 3.63) is 64.4 Å². The van der Waals surface area contributed by atoms with Crippen LogP contribution in [0.2, 0.25) is 0 Å². The second-order valence-corrected chi connectivity index (χ2v) is 11.5. The Balaban J connectivity index is 1.39. The number of nitrogens with zero attached hydrogens (tertiary/aromatic N) is 2. The molecule has 0 atom stereocenters. The number of rotatable bonds is 5. The van der Waals surface area contributed by atoms with Crippen molar-refractivity contribution in [3.8, 4) is 0 Å². The molecule has 8 nitrogen and oxygen atoms in total. The maximum absolute atomic E-state index is 13.5. The highest BCUT2D eigenvalue weighted by Crippen LogP contribution is 2.35. The standard InChI is InChI=1S/C24H25N3O5S2/c1-16-14-21(25-23(28)20-7-5-13-32-20)33-22(16)24(29)27-12-4-6-17-15-18(8-9-19(17)27)34(30,31)26-10-2-3-11-26/h5,7-9,13-15H,2-4,6,10-12H2,1H3,(H,25,28). The Morgan fingerprint density at radius 3 is 2.59 bits per heavy atom. The summed E-state index contributed by atoms with van der Waals surface area (Å²) < 4.78 is 32.6. The highest BCUT2D eigenvalue weighted by Gasteiger charge is 2.31. The zero-order valence-electron chi connectivity index (χ0n) is 18.7. The fraction of sp³-hybridized carbons (Fsp3) is 0.333. The number of thiophene rings is 1. The van der Waals surface area contributed by atoms with E-state index in [1.54, 1.807) is 41.3 Å². The molecule has 2 aliphatic rings. The van der Waals surface area contributed by atoms with Crippen LogP contribution in [0, 0.1) is 6.92 Å². The minimum Gasteiger partial charge on any atom is -0.459 e. The van der Waals surface area contributed by atoms with Crippen LogP contribution in [-0.2, 0) is 16.4 Å². The summed E-state index contributed by atoms with van der Waals surface area (Å²) in [4.78, 5) is 28.3. The predicted molar refractivity (Wildman–Crippen MR) is 130 cm³/mol. The van der Waals surface area contributed by atoms with Crippen LogP contribution in [0.4, 0.5) is 10.7 Å². The molecule has 0 radical (unpaired) electrons. The fourth-order valence-electron chi connectivity index (χ4n) is 4.48. The van der Waals surface area contributed by atoms with E-state index in [0.29, 0.717) is 29.5 Å². The third kappa shape index (κ3) is 4.17. The molecule has 0 bridgehead atoms. The molecular weight excluding hydrogens is 474 g/mol. The van der Waals surface area contributed by atoms with Gasteiger partial charge in [0.25, 0.3) is 11.8 Å². The number of sulfonamides is 1. The highest BCUT2D eigenvalue weighted by molar-refractivity contribution is 7.89. The molecule has 0 unspecified atom stereocenters. The first kappa shape index (κ1) is 22.8. The van der Waals surface area contributed by atoms with Gasteiger partial charge in [0.05, 0.1) is 21.0 Å². The summed E-state index contributed by atoms with van der Waals surface area (Å²) in [6.07, 6.45) is 4.67. The van der Waals surface area contributed by atoms with Crippen molar-refractivity contribution in [1.29, 1.82) is 0 Å². The average molecular weight is 500 g/mol. The third-order valence-corrected chi connectivity index (χ3v) is 9.25. The van der Waals surface area contributed by atoms with Crippen LogP contribution in [0.3, 0.4) is 0 Å². The lowest BCUT2D eigenvalue weighted by Gasteiger charge is -2.30. The summed E-state index contributed by atoms with van der Waals surface area (Å²) in [5.41, 5.74) is 2.37. The van der Waals surface area contributed by atoms with E-state index in [4.69, 9.17) is 4.42 Å². The van der Waals surface area contributed by atoms with Gasteiger partial charge in [-0.2, -0.15) is 4.31 Å². The molecule has 178 valence electrons. The SMILES string of the molecule is Cc1cc(NC(=O)c2ccco2)sc1C(=O)N1CCCc2cc(S(=O)(=O)N3CCCC3)ccc21. The average Bonchev–Trinajstić information content (AvgIpc) is 3.60. The number of nitrogens with one attached hydrogen (secondary N) is 1. The third-order valence-electron chi connectivity index (χ3n) is 6.21. The highest BCUT2D eigenvalue weighted by atomic mass is 32.2. The number of carbonyl (C=O) groups is 2. The van der Waals surface area contributed by atoms with E-state index in [-0.39, 0.29) is 22.5 Å². The van der Waals surface area contributed by atoms with Gasteiger partial charge in [0.2, 0.25) is 10.0 Å². The molecule has 0 spiro atoms. The molecule has 0 aliphatic carbocycles. The van der Waals surface area contributed by atoms with Crippen LogP contribution in [0.1, 0.15) is 50.6 Å². The van der Waals surface area contributed by atoms with E-state index in [9.17, 15) is 18.0 Å². The van der Waals surface area contributed by atoms with Crippen LogP contribution in [0.15, 0.2) is 52.0 Å². The molecule has 1 saturated heterocycles.